The molecule has 11 heavy (non-hydrogen) atoms. The third-order valence-electron chi connectivity index (χ3n) is 1.92. The maximum Gasteiger partial charge on any atom is 0.233 e. The lowest BCUT2D eigenvalue weighted by Crippen LogP contribution is -2.00. The third-order valence-corrected chi connectivity index (χ3v) is 1.92. The van der Waals surface area contributed by atoms with Crippen LogP contribution in [0.5, 0.6) is 5.88 Å². The highest BCUT2D eigenvalue weighted by molar-refractivity contribution is 5.27. The average Bonchev–Trinajstić information content (AvgIpc) is 2.19. The first-order valence-electron chi connectivity index (χ1n) is 3.89. The normalized spacial score (nSPS) is 10.5. The lowest BCUT2D eigenvalue weighted by Gasteiger charge is -1.99. The lowest BCUT2D eigenvalue weighted by molar-refractivity contribution is 0.433. The van der Waals surface area contributed by atoms with E-state index in [2.05, 4.69) is 12.0 Å². The molecule has 62 valence electrons. The summed E-state index contributed by atoms with van der Waals surface area (Å²) in [5.74, 6) is 0.163. The van der Waals surface area contributed by atoms with Gasteiger partial charge in [0.15, 0.2) is 0 Å². The molecule has 0 amide bonds. The third kappa shape index (κ3) is 1.37. The fraction of sp³-hybridized carbons (Fsp3) is 0.625. The van der Waals surface area contributed by atoms with Crippen molar-refractivity contribution in [3.63, 3.8) is 0 Å². The first-order chi connectivity index (χ1) is 5.16. The van der Waals surface area contributed by atoms with Crippen LogP contribution in [0, 0.1) is 13.8 Å². The van der Waals surface area contributed by atoms with Crippen LogP contribution >= 0.6 is 0 Å². The van der Waals surface area contributed by atoms with E-state index in [1.807, 2.05) is 18.5 Å². The van der Waals surface area contributed by atoms with Crippen molar-refractivity contribution in [2.24, 2.45) is 0 Å². The van der Waals surface area contributed by atoms with Crippen LogP contribution in [0.15, 0.2) is 0 Å². The summed E-state index contributed by atoms with van der Waals surface area (Å²) in [7, 11) is 0. The summed E-state index contributed by atoms with van der Waals surface area (Å²) in [5.41, 5.74) is 1.95. The molecule has 1 aromatic heterocycles. The fourth-order valence-corrected chi connectivity index (χ4v) is 1.05. The average molecular weight is 154 g/mol. The van der Waals surface area contributed by atoms with Gasteiger partial charge in [0.2, 0.25) is 5.88 Å². The molecular weight excluding hydrogens is 140 g/mol. The van der Waals surface area contributed by atoms with Gasteiger partial charge in [-0.25, -0.2) is 0 Å². The zero-order valence-electron chi connectivity index (χ0n) is 7.26. The lowest BCUT2D eigenvalue weighted by atomic mass is 10.3. The summed E-state index contributed by atoms with van der Waals surface area (Å²) in [6.45, 7) is 6.82. The van der Waals surface area contributed by atoms with Gasteiger partial charge in [-0.05, 0) is 20.3 Å². The Morgan fingerprint density at radius 3 is 2.45 bits per heavy atom. The molecule has 0 bridgehead atoms. The van der Waals surface area contributed by atoms with Crippen molar-refractivity contribution in [3.05, 3.63) is 11.3 Å². The van der Waals surface area contributed by atoms with E-state index >= 15 is 0 Å². The number of aromatic nitrogens is 2. The minimum absolute atomic E-state index is 0.163. The monoisotopic (exact) mass is 154 g/mol. The molecule has 1 N–H and O–H groups in total. The molecule has 1 heterocycles. The van der Waals surface area contributed by atoms with Gasteiger partial charge in [-0.1, -0.05) is 6.92 Å². The molecule has 3 nitrogen and oxygen atoms in total. The van der Waals surface area contributed by atoms with E-state index in [1.54, 1.807) is 0 Å². The number of hydrogen-bond donors (Lipinski definition) is 1. The molecule has 0 radical (unpaired) electrons. The van der Waals surface area contributed by atoms with E-state index in [0.29, 0.717) is 0 Å². The second-order valence-corrected chi connectivity index (χ2v) is 2.76. The topological polar surface area (TPSA) is 38.0 Å². The summed E-state index contributed by atoms with van der Waals surface area (Å²) in [5, 5.41) is 13.2. The van der Waals surface area contributed by atoms with Crippen molar-refractivity contribution < 1.29 is 5.11 Å². The molecule has 0 aliphatic carbocycles. The van der Waals surface area contributed by atoms with Crippen molar-refractivity contribution in [2.45, 2.75) is 33.7 Å². The molecule has 3 heteroatoms. The van der Waals surface area contributed by atoms with Crippen molar-refractivity contribution in [1.29, 1.82) is 0 Å². The summed E-state index contributed by atoms with van der Waals surface area (Å²) < 4.78 is 1.84. The Morgan fingerprint density at radius 1 is 1.45 bits per heavy atom. The van der Waals surface area contributed by atoms with Gasteiger partial charge in [0, 0.05) is 17.8 Å². The summed E-state index contributed by atoms with van der Waals surface area (Å²) >= 11 is 0. The highest BCUT2D eigenvalue weighted by atomic mass is 16.3. The minimum Gasteiger partial charge on any atom is -0.492 e. The first-order valence-corrected chi connectivity index (χ1v) is 3.89. The Labute approximate surface area is 66.7 Å². The summed E-state index contributed by atoms with van der Waals surface area (Å²) in [6, 6.07) is 0. The number of hydrogen-bond acceptors (Lipinski definition) is 2. The standard InChI is InChI=1S/C8H14N2O/c1-4-5-10-7(3)6(2)8(11)9-10/h4-5H2,1-3H3,(H,9,11). The summed E-state index contributed by atoms with van der Waals surface area (Å²) in [6.07, 6.45) is 1.04. The van der Waals surface area contributed by atoms with E-state index in [4.69, 9.17) is 0 Å². The number of aromatic hydroxyl groups is 1. The van der Waals surface area contributed by atoms with Crippen LogP contribution in [0.3, 0.4) is 0 Å². The molecule has 0 aliphatic heterocycles. The van der Waals surface area contributed by atoms with Gasteiger partial charge in [-0.15, -0.1) is 5.10 Å². The van der Waals surface area contributed by atoms with Crippen molar-refractivity contribution in [1.82, 2.24) is 9.78 Å². The predicted molar refractivity (Wildman–Crippen MR) is 43.7 cm³/mol. The molecule has 0 saturated carbocycles. The number of rotatable bonds is 2. The van der Waals surface area contributed by atoms with Gasteiger partial charge >= 0.3 is 0 Å². The van der Waals surface area contributed by atoms with Gasteiger partial charge in [0.05, 0.1) is 0 Å². The number of nitrogens with zero attached hydrogens (tertiary/aromatic N) is 2. The Hall–Kier alpha value is -0.990. The Kier molecular flexibility index (Phi) is 2.17. The van der Waals surface area contributed by atoms with E-state index in [1.165, 1.54) is 0 Å². The van der Waals surface area contributed by atoms with E-state index in [-0.39, 0.29) is 5.88 Å². The van der Waals surface area contributed by atoms with Gasteiger partial charge < -0.3 is 5.11 Å². The molecule has 0 fully saturated rings. The molecule has 0 saturated heterocycles. The molecule has 0 aromatic carbocycles. The Morgan fingerprint density at radius 2 is 2.09 bits per heavy atom. The van der Waals surface area contributed by atoms with Crippen LogP contribution in [0.2, 0.25) is 0 Å². The van der Waals surface area contributed by atoms with Gasteiger partial charge in [-0.3, -0.25) is 4.68 Å². The largest absolute Gasteiger partial charge is 0.492 e. The maximum atomic E-state index is 9.22. The molecule has 0 spiro atoms. The molecule has 1 aromatic rings. The highest BCUT2D eigenvalue weighted by Gasteiger charge is 2.07. The van der Waals surface area contributed by atoms with Crippen molar-refractivity contribution >= 4 is 0 Å². The molecule has 0 atom stereocenters. The second-order valence-electron chi connectivity index (χ2n) is 2.76. The fourth-order valence-electron chi connectivity index (χ4n) is 1.05. The van der Waals surface area contributed by atoms with Crippen molar-refractivity contribution in [2.75, 3.05) is 0 Å². The maximum absolute atomic E-state index is 9.22. The van der Waals surface area contributed by atoms with Crippen LogP contribution < -0.4 is 0 Å². The van der Waals surface area contributed by atoms with Gasteiger partial charge in [0.25, 0.3) is 0 Å². The van der Waals surface area contributed by atoms with E-state index < -0.39 is 0 Å². The SMILES string of the molecule is CCCn1nc(O)c(C)c1C. The first kappa shape index (κ1) is 8.11. The molecule has 0 unspecified atom stereocenters. The van der Waals surface area contributed by atoms with Crippen LogP contribution in [-0.4, -0.2) is 14.9 Å². The summed E-state index contributed by atoms with van der Waals surface area (Å²) in [4.78, 5) is 0. The molecule has 1 rings (SSSR count). The predicted octanol–water partition coefficient (Wildman–Crippen LogP) is 1.62. The molecule has 0 aliphatic rings. The van der Waals surface area contributed by atoms with Crippen LogP contribution in [0.4, 0.5) is 0 Å². The Balaban J connectivity index is 2.98. The van der Waals surface area contributed by atoms with Gasteiger partial charge in [0.1, 0.15) is 0 Å². The van der Waals surface area contributed by atoms with Crippen LogP contribution in [-0.2, 0) is 6.54 Å². The number of aryl methyl sites for hydroxylation is 1. The quantitative estimate of drug-likeness (QED) is 0.702. The van der Waals surface area contributed by atoms with Crippen molar-refractivity contribution in [3.8, 4) is 5.88 Å². The smallest absolute Gasteiger partial charge is 0.233 e. The van der Waals surface area contributed by atoms with E-state index in [0.717, 1.165) is 24.2 Å². The minimum atomic E-state index is 0.163. The van der Waals surface area contributed by atoms with Crippen LogP contribution in [0.1, 0.15) is 24.6 Å². The highest BCUT2D eigenvalue weighted by Crippen LogP contribution is 2.17. The Bertz CT molecular complexity index is 253. The van der Waals surface area contributed by atoms with Gasteiger partial charge in [-0.2, -0.15) is 0 Å². The second kappa shape index (κ2) is 2.95. The zero-order valence-corrected chi connectivity index (χ0v) is 7.26. The zero-order chi connectivity index (χ0) is 8.43. The van der Waals surface area contributed by atoms with E-state index in [9.17, 15) is 5.11 Å². The molecular formula is C8H14N2O. The van der Waals surface area contributed by atoms with Crippen LogP contribution in [0.25, 0.3) is 0 Å².